The fraction of sp³-hybridized carbons (Fsp3) is 0.692. The molecule has 1 aromatic heterocycles. The highest BCUT2D eigenvalue weighted by atomic mass is 32.2. The van der Waals surface area contributed by atoms with E-state index in [1.165, 1.54) is 18.6 Å². The highest BCUT2D eigenvalue weighted by molar-refractivity contribution is 8.00. The Labute approximate surface area is 123 Å². The molecule has 6 heteroatoms. The number of rotatable bonds is 6. The first kappa shape index (κ1) is 14.8. The molecule has 19 heavy (non-hydrogen) atoms. The molecule has 106 valence electrons. The molecule has 1 unspecified atom stereocenters. The van der Waals surface area contributed by atoms with E-state index < -0.39 is 0 Å². The smallest absolute Gasteiger partial charge is 0.191 e. The minimum absolute atomic E-state index is 0.350. The average molecular weight is 298 g/mol. The quantitative estimate of drug-likeness (QED) is 0.620. The van der Waals surface area contributed by atoms with E-state index in [-0.39, 0.29) is 0 Å². The Hall–Kier alpha value is -0.620. The summed E-state index contributed by atoms with van der Waals surface area (Å²) in [6.07, 6.45) is 4.61. The van der Waals surface area contributed by atoms with Crippen molar-refractivity contribution in [2.24, 2.45) is 0 Å². The fourth-order valence-corrected chi connectivity index (χ4v) is 3.76. The second-order valence-electron chi connectivity index (χ2n) is 4.91. The van der Waals surface area contributed by atoms with Crippen LogP contribution >= 0.6 is 23.5 Å². The number of aromatic nitrogens is 2. The second-order valence-corrected chi connectivity index (χ2v) is 7.37. The van der Waals surface area contributed by atoms with Crippen LogP contribution in [0, 0.1) is 0 Å². The third kappa shape index (κ3) is 4.18. The van der Waals surface area contributed by atoms with Crippen molar-refractivity contribution in [3.63, 3.8) is 0 Å². The molecular formula is C13H22N4S2. The topological polar surface area (TPSA) is 49.8 Å². The van der Waals surface area contributed by atoms with E-state index in [0.29, 0.717) is 4.75 Å². The van der Waals surface area contributed by atoms with Gasteiger partial charge in [-0.3, -0.25) is 0 Å². The van der Waals surface area contributed by atoms with E-state index >= 15 is 0 Å². The van der Waals surface area contributed by atoms with Gasteiger partial charge in [0, 0.05) is 23.9 Å². The van der Waals surface area contributed by atoms with Gasteiger partial charge in [0.05, 0.1) is 0 Å². The van der Waals surface area contributed by atoms with Crippen molar-refractivity contribution in [1.82, 2.24) is 9.97 Å². The van der Waals surface area contributed by atoms with Crippen molar-refractivity contribution >= 4 is 35.2 Å². The summed E-state index contributed by atoms with van der Waals surface area (Å²) in [7, 11) is 0. The van der Waals surface area contributed by atoms with Crippen LogP contribution in [0.3, 0.4) is 0 Å². The molecule has 0 aromatic carbocycles. The minimum Gasteiger partial charge on any atom is -0.370 e. The Bertz CT molecular complexity index is 419. The van der Waals surface area contributed by atoms with Crippen molar-refractivity contribution in [2.75, 3.05) is 35.7 Å². The van der Waals surface area contributed by atoms with Crippen LogP contribution in [0.4, 0.5) is 11.6 Å². The van der Waals surface area contributed by atoms with Crippen LogP contribution < -0.4 is 10.6 Å². The number of hydrogen-bond acceptors (Lipinski definition) is 6. The largest absolute Gasteiger partial charge is 0.370 e. The standard InChI is InChI=1S/C13H22N4S2/c1-4-14-10-8-11(17-12(16-10)18-3)15-9-13(2)6-5-7-19-13/h8H,4-7,9H2,1-3H3,(H2,14,15,16,17). The summed E-state index contributed by atoms with van der Waals surface area (Å²) in [6.45, 7) is 6.25. The predicted octanol–water partition coefficient (Wildman–Crippen LogP) is 3.33. The zero-order valence-corrected chi connectivity index (χ0v) is 13.5. The molecular weight excluding hydrogens is 276 g/mol. The Morgan fingerprint density at radius 1 is 1.37 bits per heavy atom. The van der Waals surface area contributed by atoms with E-state index in [9.17, 15) is 0 Å². The van der Waals surface area contributed by atoms with Gasteiger partial charge in [0.25, 0.3) is 0 Å². The number of thioether (sulfide) groups is 2. The van der Waals surface area contributed by atoms with E-state index in [1.54, 1.807) is 11.8 Å². The maximum absolute atomic E-state index is 4.52. The summed E-state index contributed by atoms with van der Waals surface area (Å²) in [5.41, 5.74) is 0. The third-order valence-corrected chi connectivity index (χ3v) is 5.28. The first-order valence-electron chi connectivity index (χ1n) is 6.70. The molecule has 0 bridgehead atoms. The van der Waals surface area contributed by atoms with Gasteiger partial charge in [-0.1, -0.05) is 11.8 Å². The summed E-state index contributed by atoms with van der Waals surface area (Å²) in [5, 5.41) is 7.54. The van der Waals surface area contributed by atoms with Gasteiger partial charge < -0.3 is 10.6 Å². The predicted molar refractivity (Wildman–Crippen MR) is 86.6 cm³/mol. The Kier molecular flexibility index (Phi) is 5.21. The molecule has 2 heterocycles. The first-order chi connectivity index (χ1) is 9.15. The molecule has 0 spiro atoms. The summed E-state index contributed by atoms with van der Waals surface area (Å²) in [6, 6.07) is 1.99. The second kappa shape index (κ2) is 6.70. The SMILES string of the molecule is CCNc1cc(NCC2(C)CCCS2)nc(SC)n1. The van der Waals surface area contributed by atoms with Gasteiger partial charge in [-0.05, 0) is 38.7 Å². The van der Waals surface area contributed by atoms with Gasteiger partial charge in [-0.2, -0.15) is 11.8 Å². The van der Waals surface area contributed by atoms with Crippen molar-refractivity contribution in [3.05, 3.63) is 6.07 Å². The Morgan fingerprint density at radius 2 is 2.11 bits per heavy atom. The van der Waals surface area contributed by atoms with Crippen molar-refractivity contribution in [2.45, 2.75) is 36.6 Å². The maximum Gasteiger partial charge on any atom is 0.191 e. The monoisotopic (exact) mass is 298 g/mol. The Morgan fingerprint density at radius 3 is 2.68 bits per heavy atom. The van der Waals surface area contributed by atoms with Crippen LogP contribution in [-0.4, -0.2) is 39.8 Å². The lowest BCUT2D eigenvalue weighted by Crippen LogP contribution is -2.27. The fourth-order valence-electron chi connectivity index (χ4n) is 2.13. The number of anilines is 2. The third-order valence-electron chi connectivity index (χ3n) is 3.19. The lowest BCUT2D eigenvalue weighted by molar-refractivity contribution is 0.633. The molecule has 0 aliphatic carbocycles. The molecule has 1 aliphatic heterocycles. The zero-order chi connectivity index (χ0) is 13.7. The van der Waals surface area contributed by atoms with Gasteiger partial charge in [0.1, 0.15) is 11.6 Å². The lowest BCUT2D eigenvalue weighted by atomic mass is 10.1. The lowest BCUT2D eigenvalue weighted by Gasteiger charge is -2.23. The van der Waals surface area contributed by atoms with Crippen LogP contribution in [0.25, 0.3) is 0 Å². The summed E-state index contributed by atoms with van der Waals surface area (Å²) in [4.78, 5) is 8.95. The van der Waals surface area contributed by atoms with E-state index in [4.69, 9.17) is 0 Å². The van der Waals surface area contributed by atoms with Gasteiger partial charge in [0.2, 0.25) is 0 Å². The highest BCUT2D eigenvalue weighted by Gasteiger charge is 2.29. The maximum atomic E-state index is 4.52. The molecule has 0 radical (unpaired) electrons. The molecule has 1 atom stereocenters. The molecule has 2 rings (SSSR count). The van der Waals surface area contributed by atoms with Crippen molar-refractivity contribution in [3.8, 4) is 0 Å². The normalized spacial score (nSPS) is 22.5. The zero-order valence-electron chi connectivity index (χ0n) is 11.8. The number of nitrogens with zero attached hydrogens (tertiary/aromatic N) is 2. The summed E-state index contributed by atoms with van der Waals surface area (Å²) >= 11 is 3.63. The van der Waals surface area contributed by atoms with Gasteiger partial charge in [-0.15, -0.1) is 0 Å². The van der Waals surface area contributed by atoms with Crippen molar-refractivity contribution in [1.29, 1.82) is 0 Å². The van der Waals surface area contributed by atoms with E-state index in [1.807, 2.05) is 12.3 Å². The molecule has 0 saturated carbocycles. The molecule has 1 fully saturated rings. The summed E-state index contributed by atoms with van der Waals surface area (Å²) in [5.74, 6) is 3.10. The molecule has 1 aromatic rings. The Balaban J connectivity index is 2.04. The van der Waals surface area contributed by atoms with Crippen LogP contribution in [0.5, 0.6) is 0 Å². The molecule has 2 N–H and O–H groups in total. The van der Waals surface area contributed by atoms with Crippen LogP contribution in [0.1, 0.15) is 26.7 Å². The first-order valence-corrected chi connectivity index (χ1v) is 8.91. The van der Waals surface area contributed by atoms with E-state index in [2.05, 4.69) is 46.2 Å². The van der Waals surface area contributed by atoms with Crippen LogP contribution in [0.15, 0.2) is 11.2 Å². The van der Waals surface area contributed by atoms with Gasteiger partial charge in [0.15, 0.2) is 5.16 Å². The molecule has 0 amide bonds. The molecule has 1 aliphatic rings. The van der Waals surface area contributed by atoms with Gasteiger partial charge >= 0.3 is 0 Å². The van der Waals surface area contributed by atoms with Gasteiger partial charge in [-0.25, -0.2) is 9.97 Å². The van der Waals surface area contributed by atoms with Crippen molar-refractivity contribution < 1.29 is 0 Å². The molecule has 4 nitrogen and oxygen atoms in total. The van der Waals surface area contributed by atoms with Crippen LogP contribution in [0.2, 0.25) is 0 Å². The average Bonchev–Trinajstić information content (AvgIpc) is 2.84. The number of nitrogens with one attached hydrogen (secondary N) is 2. The van der Waals surface area contributed by atoms with Crippen LogP contribution in [-0.2, 0) is 0 Å². The number of hydrogen-bond donors (Lipinski definition) is 2. The highest BCUT2D eigenvalue weighted by Crippen LogP contribution is 2.37. The van der Waals surface area contributed by atoms with E-state index in [0.717, 1.165) is 29.9 Å². The minimum atomic E-state index is 0.350. The summed E-state index contributed by atoms with van der Waals surface area (Å²) < 4.78 is 0.350. The molecule has 1 saturated heterocycles.